The summed E-state index contributed by atoms with van der Waals surface area (Å²) in [5, 5.41) is 6.08. The van der Waals surface area contributed by atoms with Crippen molar-refractivity contribution < 1.29 is 14.4 Å². The van der Waals surface area contributed by atoms with Crippen LogP contribution in [-0.4, -0.2) is 35.8 Å². The van der Waals surface area contributed by atoms with Gasteiger partial charge in [0.05, 0.1) is 22.5 Å². The molecule has 2 bridgehead atoms. The fraction of sp³-hybridized carbons (Fsp3) is 0.421. The highest BCUT2D eigenvalue weighted by Crippen LogP contribution is 2.49. The Balaban J connectivity index is 1.32. The highest BCUT2D eigenvalue weighted by atomic mass is 35.5. The molecule has 1 saturated carbocycles. The first-order chi connectivity index (χ1) is 13.0. The molecule has 0 spiro atoms. The van der Waals surface area contributed by atoms with Crippen molar-refractivity contribution in [2.75, 3.05) is 18.4 Å². The van der Waals surface area contributed by atoms with Crippen LogP contribution in [0.4, 0.5) is 10.5 Å². The average molecular weight is 408 g/mol. The van der Waals surface area contributed by atoms with Gasteiger partial charge in [0.15, 0.2) is 0 Å². The van der Waals surface area contributed by atoms with Crippen molar-refractivity contribution in [3.63, 3.8) is 0 Å². The van der Waals surface area contributed by atoms with E-state index in [9.17, 15) is 14.4 Å². The van der Waals surface area contributed by atoms with Gasteiger partial charge >= 0.3 is 6.03 Å². The number of nitrogens with one attached hydrogen (secondary N) is 2. The van der Waals surface area contributed by atoms with Crippen LogP contribution in [0.25, 0.3) is 0 Å². The van der Waals surface area contributed by atoms with E-state index < -0.39 is 6.03 Å². The number of halogens is 2. The van der Waals surface area contributed by atoms with Crippen molar-refractivity contribution in [2.24, 2.45) is 23.7 Å². The van der Waals surface area contributed by atoms with Crippen LogP contribution in [0.3, 0.4) is 0 Å². The molecule has 1 aromatic carbocycles. The fourth-order valence-electron chi connectivity index (χ4n) is 4.39. The summed E-state index contributed by atoms with van der Waals surface area (Å²) in [6.07, 6.45) is 6.12. The van der Waals surface area contributed by atoms with Crippen LogP contribution in [-0.2, 0) is 9.59 Å². The quantitative estimate of drug-likeness (QED) is 0.593. The van der Waals surface area contributed by atoms with Crippen molar-refractivity contribution in [1.82, 2.24) is 10.2 Å². The molecule has 4 aliphatic rings. The minimum Gasteiger partial charge on any atom is -0.336 e. The first kappa shape index (κ1) is 18.3. The van der Waals surface area contributed by atoms with E-state index in [4.69, 9.17) is 23.2 Å². The first-order valence-corrected chi connectivity index (χ1v) is 9.75. The first-order valence-electron chi connectivity index (χ1n) is 8.99. The molecular weight excluding hydrogens is 389 g/mol. The largest absolute Gasteiger partial charge is 0.336 e. The molecule has 0 aromatic heterocycles. The Labute approximate surface area is 166 Å². The number of imide groups is 1. The number of carbonyl (C=O) groups is 3. The number of hydrogen-bond acceptors (Lipinski definition) is 3. The Bertz CT molecular complexity index is 809. The second kappa shape index (κ2) is 7.17. The van der Waals surface area contributed by atoms with E-state index in [1.165, 1.54) is 11.0 Å². The average Bonchev–Trinajstić information content (AvgIpc) is 2.92. The lowest BCUT2D eigenvalue weighted by Gasteiger charge is -2.38. The molecule has 1 heterocycles. The summed E-state index contributed by atoms with van der Waals surface area (Å²) in [6, 6.07) is 4.29. The molecule has 5 rings (SSSR count). The third-order valence-corrected chi connectivity index (χ3v) is 6.20. The third-order valence-electron chi connectivity index (χ3n) is 5.65. The van der Waals surface area contributed by atoms with Gasteiger partial charge in [0, 0.05) is 18.1 Å². The summed E-state index contributed by atoms with van der Waals surface area (Å²) in [5.74, 6) is -0.306. The second-order valence-corrected chi connectivity index (χ2v) is 8.02. The number of allylic oxidation sites excluding steroid dienone is 2. The summed E-state index contributed by atoms with van der Waals surface area (Å²) in [5.41, 5.74) is 0.431. The highest BCUT2D eigenvalue weighted by molar-refractivity contribution is 6.36. The Morgan fingerprint density at radius 1 is 1.07 bits per heavy atom. The lowest BCUT2D eigenvalue weighted by molar-refractivity contribution is -0.140. The molecule has 27 heavy (non-hydrogen) atoms. The number of likely N-dealkylation sites (tertiary alicyclic amines) is 1. The number of hydrogen-bond donors (Lipinski definition) is 2. The summed E-state index contributed by atoms with van der Waals surface area (Å²) in [6.45, 7) is 0.350. The predicted molar refractivity (Wildman–Crippen MR) is 103 cm³/mol. The van der Waals surface area contributed by atoms with Gasteiger partial charge in [-0.15, -0.1) is 0 Å². The fourth-order valence-corrected chi connectivity index (χ4v) is 4.85. The molecule has 4 atom stereocenters. The molecule has 1 saturated heterocycles. The van der Waals surface area contributed by atoms with Gasteiger partial charge in [-0.1, -0.05) is 35.4 Å². The summed E-state index contributed by atoms with van der Waals surface area (Å²) < 4.78 is 0. The van der Waals surface area contributed by atoms with E-state index >= 15 is 0 Å². The van der Waals surface area contributed by atoms with Gasteiger partial charge in [-0.25, -0.2) is 4.79 Å². The Morgan fingerprint density at radius 3 is 2.26 bits per heavy atom. The van der Waals surface area contributed by atoms with Crippen molar-refractivity contribution in [1.29, 1.82) is 0 Å². The maximum Gasteiger partial charge on any atom is 0.319 e. The minimum absolute atomic E-state index is 0.105. The normalized spacial score (nSPS) is 28.4. The number of fused-ring (bicyclic) bond motifs is 1. The molecule has 2 N–H and O–H groups in total. The van der Waals surface area contributed by atoms with E-state index in [2.05, 4.69) is 22.8 Å². The van der Waals surface area contributed by atoms with E-state index in [0.29, 0.717) is 15.7 Å². The maximum atomic E-state index is 12.7. The molecule has 6 nitrogen and oxygen atoms in total. The number of carbonyl (C=O) groups excluding carboxylic acids is 3. The van der Waals surface area contributed by atoms with Crippen LogP contribution in [0.15, 0.2) is 30.4 Å². The number of anilines is 1. The molecule has 3 aliphatic carbocycles. The van der Waals surface area contributed by atoms with Crippen molar-refractivity contribution in [3.05, 3.63) is 40.4 Å². The van der Waals surface area contributed by atoms with E-state index in [-0.39, 0.29) is 48.6 Å². The molecule has 142 valence electrons. The zero-order valence-corrected chi connectivity index (χ0v) is 16.0. The van der Waals surface area contributed by atoms with Gasteiger partial charge < -0.3 is 10.6 Å². The lowest BCUT2D eigenvalue weighted by atomic mass is 9.63. The second-order valence-electron chi connectivity index (χ2n) is 7.17. The van der Waals surface area contributed by atoms with Crippen LogP contribution >= 0.6 is 23.2 Å². The maximum absolute atomic E-state index is 12.7. The number of benzene rings is 1. The molecule has 0 unspecified atom stereocenters. The molecular formula is C19H19Cl2N3O3. The topological polar surface area (TPSA) is 78.5 Å². The van der Waals surface area contributed by atoms with Gasteiger partial charge in [0.1, 0.15) is 0 Å². The van der Waals surface area contributed by atoms with Crippen LogP contribution in [0.5, 0.6) is 0 Å². The van der Waals surface area contributed by atoms with Crippen LogP contribution in [0.1, 0.15) is 12.8 Å². The standard InChI is InChI=1S/C19H19Cl2N3O3/c20-12-5-6-14(13(21)9-12)23-19(27)22-7-8-24-17(25)15-10-1-2-11(4-3-10)16(15)18(24)26/h1-2,5-6,9-11,15-16H,3-4,7-8H2,(H2,22,23,27)/t10-,11-,15-,16-/m0/s1. The monoisotopic (exact) mass is 407 g/mol. The van der Waals surface area contributed by atoms with Crippen molar-refractivity contribution in [3.8, 4) is 0 Å². The Kier molecular flexibility index (Phi) is 4.86. The smallest absolute Gasteiger partial charge is 0.319 e. The van der Waals surface area contributed by atoms with Crippen LogP contribution < -0.4 is 10.6 Å². The minimum atomic E-state index is -0.461. The van der Waals surface area contributed by atoms with Crippen molar-refractivity contribution in [2.45, 2.75) is 12.8 Å². The van der Waals surface area contributed by atoms with E-state index in [1.807, 2.05) is 0 Å². The van der Waals surface area contributed by atoms with Gasteiger partial charge in [0.2, 0.25) is 11.8 Å². The molecule has 8 heteroatoms. The van der Waals surface area contributed by atoms with E-state index in [1.54, 1.807) is 12.1 Å². The zero-order valence-electron chi connectivity index (χ0n) is 14.5. The van der Waals surface area contributed by atoms with Gasteiger partial charge in [-0.2, -0.15) is 0 Å². The molecule has 1 aromatic rings. The molecule has 0 radical (unpaired) electrons. The number of nitrogens with zero attached hydrogens (tertiary/aromatic N) is 1. The molecule has 4 amide bonds. The number of rotatable bonds is 4. The van der Waals surface area contributed by atoms with E-state index in [0.717, 1.165) is 12.8 Å². The van der Waals surface area contributed by atoms with Gasteiger partial charge in [-0.3, -0.25) is 14.5 Å². The lowest BCUT2D eigenvalue weighted by Crippen LogP contribution is -2.40. The summed E-state index contributed by atoms with van der Waals surface area (Å²) in [4.78, 5) is 38.7. The van der Waals surface area contributed by atoms with Crippen LogP contribution in [0, 0.1) is 23.7 Å². The molecule has 1 aliphatic heterocycles. The van der Waals surface area contributed by atoms with Crippen LogP contribution in [0.2, 0.25) is 10.0 Å². The highest BCUT2D eigenvalue weighted by Gasteiger charge is 2.56. The van der Waals surface area contributed by atoms with Gasteiger partial charge in [0.25, 0.3) is 0 Å². The molecule has 2 fully saturated rings. The summed E-state index contributed by atoms with van der Waals surface area (Å²) in [7, 11) is 0. The SMILES string of the molecule is O=C(NCCN1C(=O)[C@@H]2[C@@H](C1=O)[C@H]1C=C[C@H]2CC1)Nc1ccc(Cl)cc1Cl. The predicted octanol–water partition coefficient (Wildman–Crippen LogP) is 3.31. The Morgan fingerprint density at radius 2 is 1.70 bits per heavy atom. The third kappa shape index (κ3) is 3.32. The zero-order chi connectivity index (χ0) is 19.1. The number of amides is 4. The Hall–Kier alpha value is -2.05. The van der Waals surface area contributed by atoms with Gasteiger partial charge in [-0.05, 0) is 42.9 Å². The summed E-state index contributed by atoms with van der Waals surface area (Å²) >= 11 is 11.8. The number of urea groups is 1. The van der Waals surface area contributed by atoms with Crippen molar-refractivity contribution >= 4 is 46.7 Å².